The van der Waals surface area contributed by atoms with E-state index in [-0.39, 0.29) is 24.3 Å². The van der Waals surface area contributed by atoms with Crippen molar-refractivity contribution in [2.24, 2.45) is 0 Å². The number of carbonyl (C=O) groups excluding carboxylic acids is 1. The van der Waals surface area contributed by atoms with Crippen LogP contribution in [0.1, 0.15) is 25.7 Å². The number of benzene rings is 1. The molecule has 0 aliphatic heterocycles. The van der Waals surface area contributed by atoms with Crippen LogP contribution in [-0.2, 0) is 11.3 Å². The molecular weight excluding hydrogens is 361 g/mol. The van der Waals surface area contributed by atoms with E-state index in [1.165, 1.54) is 16.7 Å². The summed E-state index contributed by atoms with van der Waals surface area (Å²) in [4.78, 5) is 29.3. The normalized spacial score (nSPS) is 14.3. The highest BCUT2D eigenvalue weighted by atomic mass is 19.1. The van der Waals surface area contributed by atoms with Crippen molar-refractivity contribution in [2.75, 3.05) is 0 Å². The predicted molar refractivity (Wildman–Crippen MR) is 101 cm³/mol. The topological polar surface area (TPSA) is 81.8 Å². The van der Waals surface area contributed by atoms with E-state index in [0.717, 1.165) is 30.4 Å². The van der Waals surface area contributed by atoms with Gasteiger partial charge in [-0.15, -0.1) is 5.10 Å². The standard InChI is InChI=1S/C20H20FN5O2/c21-15-7-5-14(6-8-15)19-24-25(13-18(27)23-16-3-1-2-4-16)20(28)26(19)17-9-11-22-12-10-17/h5-12,16H,1-4,13H2,(H,23,27). The summed E-state index contributed by atoms with van der Waals surface area (Å²) in [5.41, 5.74) is 0.708. The molecule has 0 unspecified atom stereocenters. The molecule has 0 atom stereocenters. The fourth-order valence-corrected chi connectivity index (χ4v) is 3.50. The maximum atomic E-state index is 13.3. The molecule has 7 nitrogen and oxygen atoms in total. The van der Waals surface area contributed by atoms with Gasteiger partial charge < -0.3 is 5.32 Å². The van der Waals surface area contributed by atoms with Crippen LogP contribution in [0.2, 0.25) is 0 Å². The van der Waals surface area contributed by atoms with Crippen molar-refractivity contribution in [1.29, 1.82) is 0 Å². The Labute approximate surface area is 160 Å². The Morgan fingerprint density at radius 1 is 1.11 bits per heavy atom. The fourth-order valence-electron chi connectivity index (χ4n) is 3.50. The molecule has 0 saturated heterocycles. The Bertz CT molecular complexity index is 1020. The number of halogens is 1. The van der Waals surface area contributed by atoms with Crippen LogP contribution in [0.25, 0.3) is 17.1 Å². The third-order valence-corrected chi connectivity index (χ3v) is 4.88. The quantitative estimate of drug-likeness (QED) is 0.735. The Hall–Kier alpha value is -3.29. The van der Waals surface area contributed by atoms with Crippen LogP contribution in [0.5, 0.6) is 0 Å². The van der Waals surface area contributed by atoms with Gasteiger partial charge in [0, 0.05) is 24.0 Å². The zero-order valence-electron chi connectivity index (χ0n) is 15.2. The van der Waals surface area contributed by atoms with Gasteiger partial charge in [0.25, 0.3) is 0 Å². The molecule has 1 aromatic carbocycles. The Kier molecular flexibility index (Phi) is 5.01. The minimum Gasteiger partial charge on any atom is -0.352 e. The van der Waals surface area contributed by atoms with Gasteiger partial charge in [-0.25, -0.2) is 18.4 Å². The van der Waals surface area contributed by atoms with Gasteiger partial charge in [-0.3, -0.25) is 9.78 Å². The molecule has 8 heteroatoms. The lowest BCUT2D eigenvalue weighted by Gasteiger charge is -2.11. The van der Waals surface area contributed by atoms with E-state index < -0.39 is 5.69 Å². The summed E-state index contributed by atoms with van der Waals surface area (Å²) in [7, 11) is 0. The van der Waals surface area contributed by atoms with Gasteiger partial charge in [0.05, 0.1) is 5.69 Å². The molecule has 0 spiro atoms. The number of nitrogens with one attached hydrogen (secondary N) is 1. The molecule has 28 heavy (non-hydrogen) atoms. The van der Waals surface area contributed by atoms with Crippen molar-refractivity contribution in [3.63, 3.8) is 0 Å². The van der Waals surface area contributed by atoms with Crippen molar-refractivity contribution >= 4 is 5.91 Å². The van der Waals surface area contributed by atoms with E-state index in [1.54, 1.807) is 36.7 Å². The lowest BCUT2D eigenvalue weighted by atomic mass is 10.2. The molecule has 1 aliphatic rings. The smallest absolute Gasteiger partial charge is 0.351 e. The lowest BCUT2D eigenvalue weighted by molar-refractivity contribution is -0.122. The largest absolute Gasteiger partial charge is 0.352 e. The maximum Gasteiger partial charge on any atom is 0.351 e. The number of nitrogens with zero attached hydrogens (tertiary/aromatic N) is 4. The SMILES string of the molecule is O=C(Cn1nc(-c2ccc(F)cc2)n(-c2ccncc2)c1=O)NC1CCCC1. The van der Waals surface area contributed by atoms with Gasteiger partial charge in [0.2, 0.25) is 5.91 Å². The van der Waals surface area contributed by atoms with E-state index >= 15 is 0 Å². The van der Waals surface area contributed by atoms with Crippen molar-refractivity contribution in [1.82, 2.24) is 24.6 Å². The summed E-state index contributed by atoms with van der Waals surface area (Å²) in [6.45, 7) is -0.165. The molecule has 1 N–H and O–H groups in total. The fraction of sp³-hybridized carbons (Fsp3) is 0.300. The second-order valence-corrected chi connectivity index (χ2v) is 6.86. The molecule has 144 valence electrons. The average Bonchev–Trinajstić information content (AvgIpc) is 3.31. The van der Waals surface area contributed by atoms with Crippen LogP contribution >= 0.6 is 0 Å². The van der Waals surface area contributed by atoms with Crippen molar-refractivity contribution in [2.45, 2.75) is 38.3 Å². The van der Waals surface area contributed by atoms with Crippen molar-refractivity contribution in [3.05, 3.63) is 65.1 Å². The highest BCUT2D eigenvalue weighted by molar-refractivity contribution is 5.76. The number of hydrogen-bond donors (Lipinski definition) is 1. The third kappa shape index (κ3) is 3.71. The molecule has 1 saturated carbocycles. The van der Waals surface area contributed by atoms with Gasteiger partial charge in [0.1, 0.15) is 12.4 Å². The molecule has 1 amide bonds. The number of pyridine rings is 1. The summed E-state index contributed by atoms with van der Waals surface area (Å²) < 4.78 is 15.9. The van der Waals surface area contributed by atoms with Gasteiger partial charge in [-0.1, -0.05) is 12.8 Å². The predicted octanol–water partition coefficient (Wildman–Crippen LogP) is 2.29. The molecular formula is C20H20FN5O2. The second-order valence-electron chi connectivity index (χ2n) is 6.86. The van der Waals surface area contributed by atoms with Crippen LogP contribution in [0.3, 0.4) is 0 Å². The van der Waals surface area contributed by atoms with Crippen molar-refractivity contribution < 1.29 is 9.18 Å². The molecule has 2 heterocycles. The molecule has 0 bridgehead atoms. The van der Waals surface area contributed by atoms with Gasteiger partial charge in [-0.05, 0) is 49.2 Å². The summed E-state index contributed by atoms with van der Waals surface area (Å²) in [5.74, 6) is -0.277. The Balaban J connectivity index is 1.70. The highest BCUT2D eigenvalue weighted by Crippen LogP contribution is 2.20. The number of rotatable bonds is 5. The zero-order chi connectivity index (χ0) is 19.5. The van der Waals surface area contributed by atoms with E-state index in [1.807, 2.05) is 0 Å². The van der Waals surface area contributed by atoms with Gasteiger partial charge in [0.15, 0.2) is 5.82 Å². The van der Waals surface area contributed by atoms with Crippen LogP contribution in [0.4, 0.5) is 4.39 Å². The van der Waals surface area contributed by atoms with E-state index in [0.29, 0.717) is 17.1 Å². The first-order chi connectivity index (χ1) is 13.6. The van der Waals surface area contributed by atoms with Crippen LogP contribution in [0, 0.1) is 5.82 Å². The van der Waals surface area contributed by atoms with Gasteiger partial charge in [-0.2, -0.15) is 0 Å². The Morgan fingerprint density at radius 2 is 1.79 bits per heavy atom. The monoisotopic (exact) mass is 381 g/mol. The third-order valence-electron chi connectivity index (χ3n) is 4.88. The molecule has 1 fully saturated rings. The number of carbonyl (C=O) groups is 1. The number of hydrogen-bond acceptors (Lipinski definition) is 4. The molecule has 1 aliphatic carbocycles. The molecule has 2 aromatic heterocycles. The first kappa shape index (κ1) is 18.1. The number of amides is 1. The minimum atomic E-state index is -0.438. The summed E-state index contributed by atoms with van der Waals surface area (Å²) >= 11 is 0. The first-order valence-corrected chi connectivity index (χ1v) is 9.27. The minimum absolute atomic E-state index is 0.165. The van der Waals surface area contributed by atoms with E-state index in [2.05, 4.69) is 15.4 Å². The van der Waals surface area contributed by atoms with Crippen LogP contribution < -0.4 is 11.0 Å². The van der Waals surface area contributed by atoms with E-state index in [9.17, 15) is 14.0 Å². The van der Waals surface area contributed by atoms with Crippen LogP contribution in [0.15, 0.2) is 53.6 Å². The van der Waals surface area contributed by atoms with Crippen molar-refractivity contribution in [3.8, 4) is 17.1 Å². The maximum absolute atomic E-state index is 13.3. The van der Waals surface area contributed by atoms with Gasteiger partial charge >= 0.3 is 5.69 Å². The molecule has 3 aromatic rings. The van der Waals surface area contributed by atoms with Crippen LogP contribution in [-0.4, -0.2) is 31.3 Å². The first-order valence-electron chi connectivity index (χ1n) is 9.27. The number of aromatic nitrogens is 4. The summed E-state index contributed by atoms with van der Waals surface area (Å²) in [6, 6.07) is 9.25. The Morgan fingerprint density at radius 3 is 2.46 bits per heavy atom. The highest BCUT2D eigenvalue weighted by Gasteiger charge is 2.21. The average molecular weight is 381 g/mol. The lowest BCUT2D eigenvalue weighted by Crippen LogP contribution is -2.38. The zero-order valence-corrected chi connectivity index (χ0v) is 15.2. The molecule has 0 radical (unpaired) electrons. The summed E-state index contributed by atoms with van der Waals surface area (Å²) in [5, 5.41) is 7.33. The summed E-state index contributed by atoms with van der Waals surface area (Å²) in [6.07, 6.45) is 7.28. The van der Waals surface area contributed by atoms with E-state index in [4.69, 9.17) is 0 Å². The second kappa shape index (κ2) is 7.75. The molecule has 4 rings (SSSR count).